The highest BCUT2D eigenvalue weighted by atomic mass is 35.5. The minimum Gasteiger partial charge on any atom is -0.378 e. The van der Waals surface area contributed by atoms with Crippen molar-refractivity contribution in [3.63, 3.8) is 0 Å². The molecule has 1 aliphatic rings. The monoisotopic (exact) mass is 477 g/mol. The summed E-state index contributed by atoms with van der Waals surface area (Å²) < 4.78 is 46.2. The van der Waals surface area contributed by atoms with Gasteiger partial charge in [-0.3, -0.25) is 4.72 Å². The summed E-state index contributed by atoms with van der Waals surface area (Å²) in [7, 11) is -3.91. The molecule has 0 saturated carbocycles. The van der Waals surface area contributed by atoms with Crippen LogP contribution in [0.4, 0.5) is 27.4 Å². The minimum atomic E-state index is -3.91. The summed E-state index contributed by atoms with van der Waals surface area (Å²) in [5.41, 5.74) is 1.08. The first-order valence-corrected chi connectivity index (χ1v) is 11.7. The smallest absolute Gasteiger partial charge is 0.261 e. The topological polar surface area (TPSA) is 96.5 Å². The molecule has 0 aliphatic carbocycles. The zero-order valence-electron chi connectivity index (χ0n) is 17.2. The fraction of sp³-hybridized carbons (Fsp3) is 0.238. The number of ether oxygens (including phenoxy) is 1. The van der Waals surface area contributed by atoms with E-state index in [2.05, 4.69) is 24.9 Å². The molecule has 0 spiro atoms. The van der Waals surface area contributed by atoms with Crippen LogP contribution in [-0.2, 0) is 14.8 Å². The van der Waals surface area contributed by atoms with Crippen LogP contribution >= 0.6 is 11.6 Å². The van der Waals surface area contributed by atoms with Crippen LogP contribution in [0, 0.1) is 12.7 Å². The summed E-state index contributed by atoms with van der Waals surface area (Å²) in [6.07, 6.45) is 0. The van der Waals surface area contributed by atoms with Gasteiger partial charge in [-0.15, -0.1) is 0 Å². The van der Waals surface area contributed by atoms with Gasteiger partial charge in [-0.2, -0.15) is 0 Å². The Morgan fingerprint density at radius 1 is 1.03 bits per heavy atom. The molecule has 4 rings (SSSR count). The lowest BCUT2D eigenvalue weighted by atomic mass is 10.3. The van der Waals surface area contributed by atoms with Crippen molar-refractivity contribution in [1.82, 2.24) is 9.97 Å². The van der Waals surface area contributed by atoms with Crippen LogP contribution < -0.4 is 14.9 Å². The Hall–Kier alpha value is -2.95. The van der Waals surface area contributed by atoms with Crippen LogP contribution in [0.15, 0.2) is 53.4 Å². The maximum atomic E-state index is 13.3. The van der Waals surface area contributed by atoms with E-state index in [4.69, 9.17) is 16.3 Å². The van der Waals surface area contributed by atoms with E-state index in [1.54, 1.807) is 24.3 Å². The van der Waals surface area contributed by atoms with Gasteiger partial charge in [0.2, 0.25) is 0 Å². The maximum absolute atomic E-state index is 13.3. The average molecular weight is 478 g/mol. The SMILES string of the molecule is Cc1nc(Nc2ccc(NS(=O)(=O)c3ccc(F)c(Cl)c3)cc2)cc(N2CCOCC2)n1. The Balaban J connectivity index is 1.47. The number of anilines is 4. The predicted octanol–water partition coefficient (Wildman–Crippen LogP) is 3.96. The third kappa shape index (κ3) is 5.26. The van der Waals surface area contributed by atoms with E-state index in [1.165, 1.54) is 0 Å². The van der Waals surface area contributed by atoms with Crippen LogP contribution in [0.1, 0.15) is 5.82 Å². The molecule has 168 valence electrons. The first kappa shape index (κ1) is 22.3. The molecule has 11 heteroatoms. The number of morpholine rings is 1. The molecule has 0 bridgehead atoms. The number of hydrogen-bond donors (Lipinski definition) is 2. The Morgan fingerprint density at radius 3 is 2.41 bits per heavy atom. The Bertz CT molecular complexity index is 1220. The van der Waals surface area contributed by atoms with Crippen molar-refractivity contribution >= 4 is 44.6 Å². The van der Waals surface area contributed by atoms with Crippen molar-refractivity contribution in [3.05, 3.63) is 65.2 Å². The Kier molecular flexibility index (Phi) is 6.45. The van der Waals surface area contributed by atoms with Gasteiger partial charge in [0.1, 0.15) is 23.3 Å². The van der Waals surface area contributed by atoms with Gasteiger partial charge in [-0.1, -0.05) is 11.6 Å². The highest BCUT2D eigenvalue weighted by Crippen LogP contribution is 2.24. The van der Waals surface area contributed by atoms with Crippen molar-refractivity contribution < 1.29 is 17.5 Å². The lowest BCUT2D eigenvalue weighted by molar-refractivity contribution is 0.122. The van der Waals surface area contributed by atoms with Crippen LogP contribution in [0.2, 0.25) is 5.02 Å². The standard InChI is InChI=1S/C21H21ClFN5O3S/c1-14-24-20(13-21(25-14)28-8-10-31-11-9-28)26-15-2-4-16(5-3-15)27-32(29,30)17-6-7-19(23)18(22)12-17/h2-7,12-13,27H,8-11H2,1H3,(H,24,25,26). The van der Waals surface area contributed by atoms with E-state index in [-0.39, 0.29) is 9.92 Å². The Labute approximate surface area is 190 Å². The second kappa shape index (κ2) is 9.27. The van der Waals surface area contributed by atoms with Gasteiger partial charge in [0, 0.05) is 30.5 Å². The second-order valence-electron chi connectivity index (χ2n) is 7.14. The molecule has 8 nitrogen and oxygen atoms in total. The average Bonchev–Trinajstić information content (AvgIpc) is 2.77. The number of halogens is 2. The number of hydrogen-bond acceptors (Lipinski definition) is 7. The summed E-state index contributed by atoms with van der Waals surface area (Å²) in [6.45, 7) is 4.68. The number of rotatable bonds is 6. The van der Waals surface area contributed by atoms with E-state index in [9.17, 15) is 12.8 Å². The van der Waals surface area contributed by atoms with Crippen LogP contribution in [-0.4, -0.2) is 44.7 Å². The van der Waals surface area contributed by atoms with E-state index in [0.29, 0.717) is 30.5 Å². The number of aromatic nitrogens is 2. The molecule has 1 aromatic heterocycles. The molecule has 3 aromatic rings. The molecule has 1 aliphatic heterocycles. The summed E-state index contributed by atoms with van der Waals surface area (Å²) >= 11 is 5.70. The van der Waals surface area contributed by atoms with Crippen molar-refractivity contribution in [1.29, 1.82) is 0 Å². The number of nitrogens with one attached hydrogen (secondary N) is 2. The fourth-order valence-electron chi connectivity index (χ4n) is 3.20. The molecule has 1 saturated heterocycles. The molecular formula is C21H21ClFN5O3S. The molecule has 0 amide bonds. The molecule has 0 atom stereocenters. The summed E-state index contributed by atoms with van der Waals surface area (Å²) in [5, 5.41) is 2.95. The molecule has 1 fully saturated rings. The molecule has 0 radical (unpaired) electrons. The second-order valence-corrected chi connectivity index (χ2v) is 9.23. The number of nitrogens with zero attached hydrogens (tertiary/aromatic N) is 3. The molecular weight excluding hydrogens is 457 g/mol. The minimum absolute atomic E-state index is 0.127. The predicted molar refractivity (Wildman–Crippen MR) is 122 cm³/mol. The van der Waals surface area contributed by atoms with Crippen LogP contribution in [0.25, 0.3) is 0 Å². The highest BCUT2D eigenvalue weighted by molar-refractivity contribution is 7.92. The third-order valence-electron chi connectivity index (χ3n) is 4.77. The van der Waals surface area contributed by atoms with Gasteiger partial charge in [0.25, 0.3) is 10.0 Å². The highest BCUT2D eigenvalue weighted by Gasteiger charge is 2.17. The van der Waals surface area contributed by atoms with Gasteiger partial charge < -0.3 is 15.0 Å². The fourth-order valence-corrected chi connectivity index (χ4v) is 4.53. The van der Waals surface area contributed by atoms with Gasteiger partial charge in [0.05, 0.1) is 23.1 Å². The van der Waals surface area contributed by atoms with Crippen molar-refractivity contribution in [2.24, 2.45) is 0 Å². The van der Waals surface area contributed by atoms with Crippen molar-refractivity contribution in [3.8, 4) is 0 Å². The van der Waals surface area contributed by atoms with Crippen molar-refractivity contribution in [2.45, 2.75) is 11.8 Å². The lowest BCUT2D eigenvalue weighted by Crippen LogP contribution is -2.36. The van der Waals surface area contributed by atoms with Gasteiger partial charge in [-0.05, 0) is 49.4 Å². The first-order chi connectivity index (χ1) is 15.3. The summed E-state index contributed by atoms with van der Waals surface area (Å²) in [4.78, 5) is 10.9. The molecule has 2 heterocycles. The largest absolute Gasteiger partial charge is 0.378 e. The number of aryl methyl sites for hydroxylation is 1. The third-order valence-corrected chi connectivity index (χ3v) is 6.44. The lowest BCUT2D eigenvalue weighted by Gasteiger charge is -2.28. The normalized spacial score (nSPS) is 14.3. The van der Waals surface area contributed by atoms with E-state index >= 15 is 0 Å². The quantitative estimate of drug-likeness (QED) is 0.554. The van der Waals surface area contributed by atoms with Crippen molar-refractivity contribution in [2.75, 3.05) is 41.2 Å². The summed E-state index contributed by atoms with van der Waals surface area (Å²) in [5.74, 6) is 1.41. The zero-order chi connectivity index (χ0) is 22.7. The van der Waals surface area contributed by atoms with Crippen LogP contribution in [0.3, 0.4) is 0 Å². The number of sulfonamides is 1. The molecule has 2 aromatic carbocycles. The van der Waals surface area contributed by atoms with E-state index in [0.717, 1.165) is 42.8 Å². The molecule has 2 N–H and O–H groups in total. The zero-order valence-corrected chi connectivity index (χ0v) is 18.8. The van der Waals surface area contributed by atoms with Gasteiger partial charge in [0.15, 0.2) is 0 Å². The van der Waals surface area contributed by atoms with Crippen LogP contribution in [0.5, 0.6) is 0 Å². The maximum Gasteiger partial charge on any atom is 0.261 e. The van der Waals surface area contributed by atoms with Gasteiger partial charge in [-0.25, -0.2) is 22.8 Å². The molecule has 0 unspecified atom stereocenters. The Morgan fingerprint density at radius 2 is 1.72 bits per heavy atom. The molecule has 32 heavy (non-hydrogen) atoms. The summed E-state index contributed by atoms with van der Waals surface area (Å²) in [6, 6.07) is 11.8. The van der Waals surface area contributed by atoms with E-state index < -0.39 is 15.8 Å². The number of benzene rings is 2. The first-order valence-electron chi connectivity index (χ1n) is 9.83. The van der Waals surface area contributed by atoms with E-state index in [1.807, 2.05) is 13.0 Å². The van der Waals surface area contributed by atoms with Gasteiger partial charge >= 0.3 is 0 Å².